The van der Waals surface area contributed by atoms with Crippen LogP contribution >= 0.6 is 0 Å². The molecule has 0 unspecified atom stereocenters. The van der Waals surface area contributed by atoms with Gasteiger partial charge in [0.25, 0.3) is 5.91 Å². The maximum Gasteiger partial charge on any atom is 0.271 e. The average molecular weight is 362 g/mol. The molecule has 0 bridgehead atoms. The van der Waals surface area contributed by atoms with Gasteiger partial charge in [-0.05, 0) is 23.6 Å². The van der Waals surface area contributed by atoms with Crippen molar-refractivity contribution in [3.05, 3.63) is 89.1 Å². The van der Waals surface area contributed by atoms with E-state index in [1.54, 1.807) is 24.4 Å². The van der Waals surface area contributed by atoms with E-state index in [0.717, 1.165) is 25.3 Å². The fourth-order valence-electron chi connectivity index (χ4n) is 3.20. The third kappa shape index (κ3) is 3.79. The highest BCUT2D eigenvalue weighted by Crippen LogP contribution is 2.22. The van der Waals surface area contributed by atoms with E-state index in [4.69, 9.17) is 0 Å². The van der Waals surface area contributed by atoms with Crippen LogP contribution in [0.4, 0.5) is 10.2 Å². The fraction of sp³-hybridized carbons (Fsp3) is 0.190. The average Bonchev–Trinajstić information content (AvgIpc) is 2.73. The van der Waals surface area contributed by atoms with Crippen LogP contribution in [0.15, 0.2) is 60.9 Å². The zero-order chi connectivity index (χ0) is 18.6. The zero-order valence-electron chi connectivity index (χ0n) is 14.7. The summed E-state index contributed by atoms with van der Waals surface area (Å²) in [5.41, 5.74) is 3.30. The molecule has 1 aliphatic heterocycles. The van der Waals surface area contributed by atoms with Gasteiger partial charge in [0, 0.05) is 25.2 Å². The molecule has 5 nitrogen and oxygen atoms in total. The lowest BCUT2D eigenvalue weighted by Crippen LogP contribution is -2.31. The lowest BCUT2D eigenvalue weighted by molar-refractivity contribution is 0.0945. The van der Waals surface area contributed by atoms with Crippen molar-refractivity contribution in [2.75, 3.05) is 11.4 Å². The van der Waals surface area contributed by atoms with Gasteiger partial charge in [-0.3, -0.25) is 4.79 Å². The Labute approximate surface area is 156 Å². The van der Waals surface area contributed by atoms with Gasteiger partial charge in [0.2, 0.25) is 0 Å². The van der Waals surface area contributed by atoms with Crippen molar-refractivity contribution in [3.63, 3.8) is 0 Å². The number of aromatic nitrogens is 2. The van der Waals surface area contributed by atoms with Crippen molar-refractivity contribution >= 4 is 11.7 Å². The van der Waals surface area contributed by atoms with E-state index in [-0.39, 0.29) is 24.0 Å². The molecule has 0 saturated carbocycles. The number of nitrogens with zero attached hydrogens (tertiary/aromatic N) is 3. The standard InChI is InChI=1S/C21H19FN4O/c22-18-8-4-3-6-16(18)11-25-21(27)19-12-24-20(13-23-19)26-10-9-15-5-1-2-7-17(15)14-26/h1-8,12-13H,9-11,14H2,(H,25,27). The molecule has 0 fully saturated rings. The minimum absolute atomic E-state index is 0.109. The number of carbonyl (C=O) groups excluding carboxylic acids is 1. The Bertz CT molecular complexity index is 958. The molecule has 0 atom stereocenters. The molecule has 0 aliphatic carbocycles. The molecule has 1 aliphatic rings. The van der Waals surface area contributed by atoms with E-state index in [2.05, 4.69) is 38.4 Å². The quantitative estimate of drug-likeness (QED) is 0.775. The monoisotopic (exact) mass is 362 g/mol. The summed E-state index contributed by atoms with van der Waals surface area (Å²) in [7, 11) is 0. The number of fused-ring (bicyclic) bond motifs is 1. The Morgan fingerprint density at radius 2 is 1.81 bits per heavy atom. The van der Waals surface area contributed by atoms with Gasteiger partial charge in [0.15, 0.2) is 0 Å². The summed E-state index contributed by atoms with van der Waals surface area (Å²) in [6, 6.07) is 14.7. The number of nitrogens with one attached hydrogen (secondary N) is 1. The summed E-state index contributed by atoms with van der Waals surface area (Å²) in [6.07, 6.45) is 4.04. The Morgan fingerprint density at radius 3 is 2.59 bits per heavy atom. The van der Waals surface area contributed by atoms with Gasteiger partial charge < -0.3 is 10.2 Å². The maximum atomic E-state index is 13.6. The Hall–Kier alpha value is -3.28. The molecule has 1 aromatic heterocycles. The Kier molecular flexibility index (Phi) is 4.78. The van der Waals surface area contributed by atoms with Crippen molar-refractivity contribution in [2.45, 2.75) is 19.5 Å². The molecule has 6 heteroatoms. The van der Waals surface area contributed by atoms with Crippen LogP contribution < -0.4 is 10.2 Å². The van der Waals surface area contributed by atoms with Crippen molar-refractivity contribution < 1.29 is 9.18 Å². The summed E-state index contributed by atoms with van der Waals surface area (Å²) in [4.78, 5) is 23.0. The molecule has 0 saturated heterocycles. The molecule has 27 heavy (non-hydrogen) atoms. The third-order valence-corrected chi connectivity index (χ3v) is 4.72. The van der Waals surface area contributed by atoms with E-state index in [1.165, 1.54) is 23.4 Å². The SMILES string of the molecule is O=C(NCc1ccccc1F)c1cnc(N2CCc3ccccc3C2)cn1. The van der Waals surface area contributed by atoms with Gasteiger partial charge in [-0.2, -0.15) is 0 Å². The summed E-state index contributed by atoms with van der Waals surface area (Å²) < 4.78 is 13.6. The summed E-state index contributed by atoms with van der Waals surface area (Å²) in [6.45, 7) is 1.76. The first-order chi connectivity index (χ1) is 13.2. The van der Waals surface area contributed by atoms with Crippen LogP contribution in [0.2, 0.25) is 0 Å². The molecule has 1 amide bonds. The van der Waals surface area contributed by atoms with Crippen LogP contribution in [-0.4, -0.2) is 22.4 Å². The number of amides is 1. The smallest absolute Gasteiger partial charge is 0.271 e. The zero-order valence-corrected chi connectivity index (χ0v) is 14.7. The van der Waals surface area contributed by atoms with Crippen LogP contribution in [-0.2, 0) is 19.5 Å². The third-order valence-electron chi connectivity index (χ3n) is 4.72. The van der Waals surface area contributed by atoms with Crippen molar-refractivity contribution in [1.29, 1.82) is 0 Å². The predicted molar refractivity (Wildman–Crippen MR) is 101 cm³/mol. The van der Waals surface area contributed by atoms with Crippen molar-refractivity contribution in [1.82, 2.24) is 15.3 Å². The largest absolute Gasteiger partial charge is 0.351 e. The Morgan fingerprint density at radius 1 is 1.04 bits per heavy atom. The fourth-order valence-corrected chi connectivity index (χ4v) is 3.20. The van der Waals surface area contributed by atoms with E-state index in [1.807, 2.05) is 6.07 Å². The Balaban J connectivity index is 1.40. The second-order valence-electron chi connectivity index (χ2n) is 6.47. The van der Waals surface area contributed by atoms with E-state index in [9.17, 15) is 9.18 Å². The van der Waals surface area contributed by atoms with E-state index >= 15 is 0 Å². The molecule has 2 aromatic carbocycles. The predicted octanol–water partition coefficient (Wildman–Crippen LogP) is 3.11. The number of hydrogen-bond donors (Lipinski definition) is 1. The molecule has 4 rings (SSSR count). The first-order valence-corrected chi connectivity index (χ1v) is 8.86. The highest BCUT2D eigenvalue weighted by molar-refractivity contribution is 5.91. The molecule has 136 valence electrons. The van der Waals surface area contributed by atoms with Crippen molar-refractivity contribution in [2.24, 2.45) is 0 Å². The van der Waals surface area contributed by atoms with Gasteiger partial charge in [-0.15, -0.1) is 0 Å². The summed E-state index contributed by atoms with van der Waals surface area (Å²) >= 11 is 0. The first-order valence-electron chi connectivity index (χ1n) is 8.86. The van der Waals surface area contributed by atoms with Crippen LogP contribution in [0, 0.1) is 5.82 Å². The molecule has 0 radical (unpaired) electrons. The summed E-state index contributed by atoms with van der Waals surface area (Å²) in [5.74, 6) is 0.0288. The van der Waals surface area contributed by atoms with Crippen LogP contribution in [0.5, 0.6) is 0 Å². The number of rotatable bonds is 4. The second-order valence-corrected chi connectivity index (χ2v) is 6.47. The van der Waals surface area contributed by atoms with Crippen LogP contribution in [0.1, 0.15) is 27.2 Å². The van der Waals surface area contributed by atoms with Crippen LogP contribution in [0.3, 0.4) is 0 Å². The van der Waals surface area contributed by atoms with E-state index < -0.39 is 0 Å². The van der Waals surface area contributed by atoms with Gasteiger partial charge >= 0.3 is 0 Å². The highest BCUT2D eigenvalue weighted by atomic mass is 19.1. The minimum Gasteiger partial charge on any atom is -0.351 e. The van der Waals surface area contributed by atoms with Gasteiger partial charge in [-0.25, -0.2) is 14.4 Å². The molecular weight excluding hydrogens is 343 g/mol. The van der Waals surface area contributed by atoms with Gasteiger partial charge in [0.1, 0.15) is 17.3 Å². The molecular formula is C21H19FN4O. The minimum atomic E-state index is -0.374. The van der Waals surface area contributed by atoms with E-state index in [0.29, 0.717) is 5.56 Å². The van der Waals surface area contributed by atoms with Crippen molar-refractivity contribution in [3.8, 4) is 0 Å². The normalized spacial score (nSPS) is 13.1. The molecule has 3 aromatic rings. The molecule has 2 heterocycles. The number of benzene rings is 2. The topological polar surface area (TPSA) is 58.1 Å². The first kappa shape index (κ1) is 17.1. The lowest BCUT2D eigenvalue weighted by atomic mass is 10.0. The maximum absolute atomic E-state index is 13.6. The number of halogens is 1. The second kappa shape index (κ2) is 7.53. The number of anilines is 1. The molecule has 0 spiro atoms. The molecule has 1 N–H and O–H groups in total. The highest BCUT2D eigenvalue weighted by Gasteiger charge is 2.18. The number of carbonyl (C=O) groups is 1. The lowest BCUT2D eigenvalue weighted by Gasteiger charge is -2.29. The summed E-state index contributed by atoms with van der Waals surface area (Å²) in [5, 5.41) is 2.67. The number of hydrogen-bond acceptors (Lipinski definition) is 4. The van der Waals surface area contributed by atoms with Crippen LogP contribution in [0.25, 0.3) is 0 Å². The van der Waals surface area contributed by atoms with Gasteiger partial charge in [-0.1, -0.05) is 42.5 Å². The van der Waals surface area contributed by atoms with Gasteiger partial charge in [0.05, 0.1) is 12.4 Å².